The molecule has 1 aromatic heterocycles. The molecule has 31 heavy (non-hydrogen) atoms. The summed E-state index contributed by atoms with van der Waals surface area (Å²) in [6.45, 7) is 2.47. The second-order valence-corrected chi connectivity index (χ2v) is 7.25. The minimum Gasteiger partial charge on any atom is -0.494 e. The van der Waals surface area contributed by atoms with Crippen molar-refractivity contribution >= 4 is 11.6 Å². The zero-order valence-corrected chi connectivity index (χ0v) is 16.9. The summed E-state index contributed by atoms with van der Waals surface area (Å²) in [7, 11) is 0. The second kappa shape index (κ2) is 7.72. The number of anilines is 1. The van der Waals surface area contributed by atoms with Gasteiger partial charge < -0.3 is 4.74 Å². The first-order chi connectivity index (χ1) is 15.2. The molecule has 0 saturated carbocycles. The van der Waals surface area contributed by atoms with E-state index in [9.17, 15) is 9.18 Å². The number of carbonyl (C=O) groups excluding carboxylic acids is 1. The summed E-state index contributed by atoms with van der Waals surface area (Å²) in [6, 6.07) is 22.8. The third kappa shape index (κ3) is 3.17. The van der Waals surface area contributed by atoms with Crippen LogP contribution in [-0.4, -0.2) is 22.7 Å². The van der Waals surface area contributed by atoms with Crippen molar-refractivity contribution in [2.45, 2.75) is 13.0 Å². The number of aromatic nitrogens is 2. The fraction of sp³-hybridized carbons (Fsp3) is 0.120. The largest absolute Gasteiger partial charge is 0.494 e. The number of amides is 1. The first-order valence-corrected chi connectivity index (χ1v) is 10.1. The van der Waals surface area contributed by atoms with Gasteiger partial charge in [0.2, 0.25) is 0 Å². The Balaban J connectivity index is 1.69. The topological polar surface area (TPSA) is 58.2 Å². The maximum Gasteiger partial charge on any atom is 0.277 e. The Hall–Kier alpha value is -3.93. The van der Waals surface area contributed by atoms with Crippen LogP contribution in [0, 0.1) is 5.82 Å². The number of nitrogens with zero attached hydrogens (tertiary/aromatic N) is 2. The van der Waals surface area contributed by atoms with Crippen LogP contribution in [0.3, 0.4) is 0 Å². The molecule has 0 radical (unpaired) electrons. The summed E-state index contributed by atoms with van der Waals surface area (Å²) in [4.78, 5) is 15.1. The van der Waals surface area contributed by atoms with Crippen molar-refractivity contribution in [3.8, 4) is 17.0 Å². The number of hydrogen-bond donors (Lipinski definition) is 1. The highest BCUT2D eigenvalue weighted by atomic mass is 19.1. The molecule has 0 fully saturated rings. The van der Waals surface area contributed by atoms with Gasteiger partial charge in [-0.1, -0.05) is 48.5 Å². The Morgan fingerprint density at radius 1 is 1.00 bits per heavy atom. The zero-order chi connectivity index (χ0) is 21.4. The predicted molar refractivity (Wildman–Crippen MR) is 117 cm³/mol. The van der Waals surface area contributed by atoms with Crippen LogP contribution >= 0.6 is 0 Å². The molecule has 1 aliphatic rings. The highest BCUT2D eigenvalue weighted by Gasteiger charge is 2.44. The van der Waals surface area contributed by atoms with Crippen molar-refractivity contribution in [1.29, 1.82) is 0 Å². The molecule has 1 amide bonds. The Morgan fingerprint density at radius 2 is 1.71 bits per heavy atom. The number of nitrogens with one attached hydrogen (secondary N) is 1. The van der Waals surface area contributed by atoms with Gasteiger partial charge in [0, 0.05) is 22.4 Å². The van der Waals surface area contributed by atoms with Crippen LogP contribution in [0.25, 0.3) is 11.3 Å². The molecule has 1 atom stereocenters. The maximum absolute atomic E-state index is 15.0. The molecular weight excluding hydrogens is 393 g/mol. The summed E-state index contributed by atoms with van der Waals surface area (Å²) in [6.07, 6.45) is 0. The van der Waals surface area contributed by atoms with Gasteiger partial charge in [-0.2, -0.15) is 5.10 Å². The van der Waals surface area contributed by atoms with Gasteiger partial charge >= 0.3 is 0 Å². The van der Waals surface area contributed by atoms with Crippen molar-refractivity contribution in [2.75, 3.05) is 11.5 Å². The van der Waals surface area contributed by atoms with Crippen LogP contribution in [0.5, 0.6) is 5.75 Å². The average Bonchev–Trinajstić information content (AvgIpc) is 3.35. The van der Waals surface area contributed by atoms with E-state index in [0.29, 0.717) is 40.6 Å². The summed E-state index contributed by atoms with van der Waals surface area (Å²) in [5.41, 5.74) is 3.64. The molecule has 154 valence electrons. The Kier molecular flexibility index (Phi) is 4.75. The van der Waals surface area contributed by atoms with E-state index < -0.39 is 6.04 Å². The standard InChI is InChI=1S/C25H20FN3O2/c1-2-31-18-14-12-17(13-15-18)29-24(19-10-6-7-11-20(19)26)21-22(16-8-4-3-5-9-16)27-28-23(21)25(29)30/h3-15,24H,2H2,1H3,(H,27,28)/t24-/m0/s1. The minimum atomic E-state index is -0.643. The zero-order valence-electron chi connectivity index (χ0n) is 16.9. The maximum atomic E-state index is 15.0. The lowest BCUT2D eigenvalue weighted by atomic mass is 9.95. The van der Waals surface area contributed by atoms with E-state index in [1.165, 1.54) is 6.07 Å². The Labute approximate surface area is 179 Å². The molecule has 0 bridgehead atoms. The molecule has 6 heteroatoms. The molecule has 4 aromatic rings. The number of benzene rings is 3. The number of H-pyrrole nitrogens is 1. The smallest absolute Gasteiger partial charge is 0.277 e. The average molecular weight is 413 g/mol. The summed E-state index contributed by atoms with van der Waals surface area (Å²) >= 11 is 0. The van der Waals surface area contributed by atoms with Gasteiger partial charge in [-0.15, -0.1) is 0 Å². The molecule has 3 aromatic carbocycles. The lowest BCUT2D eigenvalue weighted by molar-refractivity contribution is 0.0988. The predicted octanol–water partition coefficient (Wildman–Crippen LogP) is 5.36. The third-order valence-electron chi connectivity index (χ3n) is 5.44. The van der Waals surface area contributed by atoms with E-state index in [2.05, 4.69) is 10.2 Å². The normalized spacial score (nSPS) is 15.2. The second-order valence-electron chi connectivity index (χ2n) is 7.25. The quantitative estimate of drug-likeness (QED) is 0.479. The highest BCUT2D eigenvalue weighted by Crippen LogP contribution is 2.45. The molecule has 2 heterocycles. The monoisotopic (exact) mass is 413 g/mol. The molecule has 5 nitrogen and oxygen atoms in total. The van der Waals surface area contributed by atoms with Crippen LogP contribution in [-0.2, 0) is 0 Å². The van der Waals surface area contributed by atoms with E-state index in [1.807, 2.05) is 61.5 Å². The fourth-order valence-corrected chi connectivity index (χ4v) is 4.09. The summed E-state index contributed by atoms with van der Waals surface area (Å²) in [5.74, 6) is 0.0943. The van der Waals surface area contributed by atoms with E-state index in [1.54, 1.807) is 23.1 Å². The van der Waals surface area contributed by atoms with Gasteiger partial charge in [0.15, 0.2) is 0 Å². The molecule has 0 unspecified atom stereocenters. The number of ether oxygens (including phenoxy) is 1. The number of carbonyl (C=O) groups is 1. The number of aromatic amines is 1. The van der Waals surface area contributed by atoms with Crippen LogP contribution < -0.4 is 9.64 Å². The van der Waals surface area contributed by atoms with Crippen LogP contribution in [0.15, 0.2) is 78.9 Å². The van der Waals surface area contributed by atoms with Gasteiger partial charge in [0.1, 0.15) is 17.3 Å². The molecular formula is C25H20FN3O2. The van der Waals surface area contributed by atoms with Crippen molar-refractivity contribution < 1.29 is 13.9 Å². The fourth-order valence-electron chi connectivity index (χ4n) is 4.09. The Morgan fingerprint density at radius 3 is 2.42 bits per heavy atom. The van der Waals surface area contributed by atoms with Crippen LogP contribution in [0.2, 0.25) is 0 Å². The van der Waals surface area contributed by atoms with Gasteiger partial charge in [-0.25, -0.2) is 4.39 Å². The third-order valence-corrected chi connectivity index (χ3v) is 5.44. The molecule has 0 saturated heterocycles. The lowest BCUT2D eigenvalue weighted by Gasteiger charge is -2.27. The van der Waals surface area contributed by atoms with Crippen molar-refractivity contribution in [2.24, 2.45) is 0 Å². The first kappa shape index (κ1) is 19.1. The summed E-state index contributed by atoms with van der Waals surface area (Å²) in [5, 5.41) is 7.31. The van der Waals surface area contributed by atoms with E-state index >= 15 is 0 Å². The van der Waals surface area contributed by atoms with Crippen molar-refractivity contribution in [3.05, 3.63) is 102 Å². The van der Waals surface area contributed by atoms with E-state index in [4.69, 9.17) is 4.74 Å². The van der Waals surface area contributed by atoms with Gasteiger partial charge in [0.25, 0.3) is 5.91 Å². The summed E-state index contributed by atoms with van der Waals surface area (Å²) < 4.78 is 20.5. The molecule has 1 aliphatic heterocycles. The van der Waals surface area contributed by atoms with E-state index in [0.717, 1.165) is 5.56 Å². The molecule has 1 N–H and O–H groups in total. The van der Waals surface area contributed by atoms with Crippen molar-refractivity contribution in [3.63, 3.8) is 0 Å². The van der Waals surface area contributed by atoms with Crippen molar-refractivity contribution in [1.82, 2.24) is 10.2 Å². The molecule has 0 aliphatic carbocycles. The van der Waals surface area contributed by atoms with Crippen LogP contribution in [0.4, 0.5) is 10.1 Å². The number of rotatable bonds is 5. The SMILES string of the molecule is CCOc1ccc(N2C(=O)c3[nH]nc(-c4ccccc4)c3[C@@H]2c2ccccc2F)cc1. The van der Waals surface area contributed by atoms with E-state index in [-0.39, 0.29) is 11.7 Å². The lowest BCUT2D eigenvalue weighted by Crippen LogP contribution is -2.29. The van der Waals surface area contributed by atoms with Gasteiger partial charge in [0.05, 0.1) is 18.3 Å². The van der Waals surface area contributed by atoms with Gasteiger partial charge in [-0.05, 0) is 37.3 Å². The number of hydrogen-bond acceptors (Lipinski definition) is 3. The molecule has 5 rings (SSSR count). The number of halogens is 1. The first-order valence-electron chi connectivity index (χ1n) is 10.1. The minimum absolute atomic E-state index is 0.248. The van der Waals surface area contributed by atoms with Gasteiger partial charge in [-0.3, -0.25) is 14.8 Å². The Bertz CT molecular complexity index is 1240. The highest BCUT2D eigenvalue weighted by molar-refractivity contribution is 6.11. The molecule has 0 spiro atoms. The number of fused-ring (bicyclic) bond motifs is 1. The van der Waals surface area contributed by atoms with Crippen LogP contribution in [0.1, 0.15) is 34.6 Å².